The topological polar surface area (TPSA) is 51.6 Å². The molecule has 10 aromatic rings. The molecule has 1 atom stereocenters. The predicted octanol–water partition coefficient (Wildman–Crippen LogP) is 12.7. The van der Waals surface area contributed by atoms with Gasteiger partial charge in [-0.1, -0.05) is 97.9 Å². The van der Waals surface area contributed by atoms with Crippen molar-refractivity contribution in [1.82, 2.24) is 20.4 Å². The van der Waals surface area contributed by atoms with Gasteiger partial charge in [0.05, 0.1) is 17.1 Å². The normalized spacial score (nSPS) is 14.4. The van der Waals surface area contributed by atoms with Crippen LogP contribution in [0.4, 0.5) is 0 Å². The fourth-order valence-corrected chi connectivity index (χ4v) is 10.7. The molecule has 2 heterocycles. The van der Waals surface area contributed by atoms with Gasteiger partial charge in [0.1, 0.15) is 0 Å². The zero-order chi connectivity index (χ0) is 35.6. The molecule has 0 radical (unpaired) electrons. The molecule has 8 aromatic carbocycles. The fourth-order valence-electron chi connectivity index (χ4n) is 10.7. The fraction of sp³-hybridized carbons (Fsp3) is 0.0800. The standard InChI is InChI=1S/C50H30N4/c1-24-36-21-37-29(39-23-41-31-14-5-10-28-12-7-16-34(44(28)31)46(41)49(47(36)39)35-17-8-20-51-50(24)35)18-19-32-38(37)22-40-30-13-4-9-27-11-6-15-33(43(27)30)45(40)48(32)42-25(2)52-54-53-26(42)3/h4-24H,1-3H3. The van der Waals surface area contributed by atoms with Gasteiger partial charge in [-0.15, -0.1) is 10.2 Å². The van der Waals surface area contributed by atoms with Gasteiger partial charge in [0, 0.05) is 34.4 Å². The third-order valence-electron chi connectivity index (χ3n) is 12.8. The van der Waals surface area contributed by atoms with Gasteiger partial charge in [-0.3, -0.25) is 4.98 Å². The van der Waals surface area contributed by atoms with E-state index in [9.17, 15) is 0 Å². The molecule has 0 aliphatic heterocycles. The molecular weight excluding hydrogens is 657 g/mol. The average molecular weight is 687 g/mol. The van der Waals surface area contributed by atoms with Crippen LogP contribution in [0.1, 0.15) is 35.5 Å². The van der Waals surface area contributed by atoms with Gasteiger partial charge in [-0.2, -0.15) is 0 Å². The average Bonchev–Trinajstić information content (AvgIpc) is 3.70. The number of aromatic nitrogens is 4. The molecule has 0 saturated heterocycles. The maximum atomic E-state index is 5.10. The second kappa shape index (κ2) is 9.80. The Balaban J connectivity index is 1.24. The summed E-state index contributed by atoms with van der Waals surface area (Å²) in [6.07, 6.45) is 1.96. The highest BCUT2D eigenvalue weighted by atomic mass is 15.3. The van der Waals surface area contributed by atoms with Crippen LogP contribution in [-0.2, 0) is 0 Å². The van der Waals surface area contributed by atoms with E-state index >= 15 is 0 Å². The van der Waals surface area contributed by atoms with E-state index in [0.29, 0.717) is 0 Å². The van der Waals surface area contributed by atoms with Crippen molar-refractivity contribution in [2.45, 2.75) is 26.7 Å². The second-order valence-corrected chi connectivity index (χ2v) is 15.4. The van der Waals surface area contributed by atoms with Crippen LogP contribution in [0.3, 0.4) is 0 Å². The third-order valence-corrected chi connectivity index (χ3v) is 12.8. The van der Waals surface area contributed by atoms with E-state index in [0.717, 1.165) is 22.6 Å². The molecule has 0 amide bonds. The zero-order valence-electron chi connectivity index (χ0n) is 29.9. The van der Waals surface area contributed by atoms with E-state index in [4.69, 9.17) is 4.98 Å². The van der Waals surface area contributed by atoms with Crippen LogP contribution < -0.4 is 0 Å². The SMILES string of the molecule is Cc1nnnc(C)c1-c1c2c(cc3c1ccc1c4cc5c(c6c4c(cc31)C(C)c1ncccc1-6)-c1cccc3cccc-5c13)-c1cccc3cccc-2c13. The minimum Gasteiger partial charge on any atom is -0.260 e. The summed E-state index contributed by atoms with van der Waals surface area (Å²) in [5, 5.41) is 26.0. The maximum absolute atomic E-state index is 5.10. The van der Waals surface area contributed by atoms with Crippen molar-refractivity contribution in [1.29, 1.82) is 0 Å². The lowest BCUT2D eigenvalue weighted by Gasteiger charge is -2.29. The summed E-state index contributed by atoms with van der Waals surface area (Å²) in [7, 11) is 0. The predicted molar refractivity (Wildman–Crippen MR) is 222 cm³/mol. The lowest BCUT2D eigenvalue weighted by atomic mass is 9.75. The number of benzene rings is 8. The number of hydrogen-bond acceptors (Lipinski definition) is 4. The van der Waals surface area contributed by atoms with Gasteiger partial charge in [0.15, 0.2) is 0 Å². The molecule has 0 bridgehead atoms. The van der Waals surface area contributed by atoms with Crippen LogP contribution >= 0.6 is 0 Å². The number of hydrogen-bond donors (Lipinski definition) is 0. The van der Waals surface area contributed by atoms with Crippen molar-refractivity contribution < 1.29 is 0 Å². The van der Waals surface area contributed by atoms with Crippen molar-refractivity contribution in [2.24, 2.45) is 0 Å². The molecule has 0 spiro atoms. The lowest BCUT2D eigenvalue weighted by Crippen LogP contribution is -2.09. The molecule has 2 aromatic heterocycles. The van der Waals surface area contributed by atoms with E-state index in [1.807, 2.05) is 6.20 Å². The molecule has 0 saturated carbocycles. The Bertz CT molecular complexity index is 3400. The van der Waals surface area contributed by atoms with Crippen LogP contribution in [-0.4, -0.2) is 20.4 Å². The summed E-state index contributed by atoms with van der Waals surface area (Å²) >= 11 is 0. The smallest absolute Gasteiger partial charge is 0.0715 e. The Labute approximate surface area is 310 Å². The van der Waals surface area contributed by atoms with Gasteiger partial charge in [0.25, 0.3) is 0 Å². The van der Waals surface area contributed by atoms with Gasteiger partial charge >= 0.3 is 0 Å². The first-order valence-electron chi connectivity index (χ1n) is 18.8. The Morgan fingerprint density at radius 1 is 0.426 bits per heavy atom. The Kier molecular flexibility index (Phi) is 5.22. The first-order chi connectivity index (χ1) is 26.6. The molecule has 4 heteroatoms. The largest absolute Gasteiger partial charge is 0.260 e. The first kappa shape index (κ1) is 28.8. The van der Waals surface area contributed by atoms with E-state index in [1.54, 1.807) is 0 Å². The minimum absolute atomic E-state index is 0.124. The van der Waals surface area contributed by atoms with E-state index in [-0.39, 0.29) is 5.92 Å². The van der Waals surface area contributed by atoms with E-state index < -0.39 is 0 Å². The summed E-state index contributed by atoms with van der Waals surface area (Å²) in [5.74, 6) is 0.124. The van der Waals surface area contributed by atoms with E-state index in [1.165, 1.54) is 121 Å². The van der Waals surface area contributed by atoms with Crippen molar-refractivity contribution in [2.75, 3.05) is 0 Å². The molecule has 54 heavy (non-hydrogen) atoms. The van der Waals surface area contributed by atoms with Crippen molar-refractivity contribution in [3.05, 3.63) is 144 Å². The summed E-state index contributed by atoms with van der Waals surface area (Å²) in [4.78, 5) is 5.10. The number of aryl methyl sites for hydroxylation is 2. The van der Waals surface area contributed by atoms with Crippen molar-refractivity contribution in [3.63, 3.8) is 0 Å². The lowest BCUT2D eigenvalue weighted by molar-refractivity contribution is 0.820. The molecule has 0 fully saturated rings. The van der Waals surface area contributed by atoms with Crippen LogP contribution in [0.25, 0.3) is 121 Å². The van der Waals surface area contributed by atoms with Crippen LogP contribution in [0.2, 0.25) is 0 Å². The maximum Gasteiger partial charge on any atom is 0.0715 e. The Morgan fingerprint density at radius 3 is 1.65 bits per heavy atom. The van der Waals surface area contributed by atoms with Crippen LogP contribution in [0.15, 0.2) is 121 Å². The van der Waals surface area contributed by atoms with Crippen molar-refractivity contribution >= 4 is 53.9 Å². The third kappa shape index (κ3) is 3.32. The van der Waals surface area contributed by atoms with Gasteiger partial charge in [0.2, 0.25) is 0 Å². The minimum atomic E-state index is 0.124. The quantitative estimate of drug-likeness (QED) is 0.161. The number of fused-ring (bicyclic) bond motifs is 13. The molecule has 4 nitrogen and oxygen atoms in total. The molecular formula is C50H30N4. The Morgan fingerprint density at radius 2 is 0.981 bits per heavy atom. The second-order valence-electron chi connectivity index (χ2n) is 15.4. The number of nitrogens with zero attached hydrogens (tertiary/aromatic N) is 4. The zero-order valence-corrected chi connectivity index (χ0v) is 29.9. The van der Waals surface area contributed by atoms with Crippen LogP contribution in [0, 0.1) is 13.8 Å². The first-order valence-corrected chi connectivity index (χ1v) is 18.8. The van der Waals surface area contributed by atoms with E-state index in [2.05, 4.69) is 151 Å². The van der Waals surface area contributed by atoms with Gasteiger partial charge in [-0.25, -0.2) is 0 Å². The number of rotatable bonds is 1. The molecule has 13 rings (SSSR count). The Hall–Kier alpha value is -6.78. The van der Waals surface area contributed by atoms with Gasteiger partial charge in [-0.05, 0) is 147 Å². The molecule has 3 aliphatic rings. The molecule has 1 unspecified atom stereocenters. The monoisotopic (exact) mass is 686 g/mol. The molecule has 3 aliphatic carbocycles. The van der Waals surface area contributed by atoms with Crippen LogP contribution in [0.5, 0.6) is 0 Å². The molecule has 0 N–H and O–H groups in total. The highest BCUT2D eigenvalue weighted by Crippen LogP contribution is 2.59. The summed E-state index contributed by atoms with van der Waals surface area (Å²) in [6, 6.07) is 43.6. The number of pyridine rings is 1. The molecule has 250 valence electrons. The van der Waals surface area contributed by atoms with Crippen molar-refractivity contribution in [3.8, 4) is 66.8 Å². The highest BCUT2D eigenvalue weighted by Gasteiger charge is 2.35. The highest BCUT2D eigenvalue weighted by molar-refractivity contribution is 6.31. The summed E-state index contributed by atoms with van der Waals surface area (Å²) < 4.78 is 0. The van der Waals surface area contributed by atoms with Gasteiger partial charge < -0.3 is 0 Å². The summed E-state index contributed by atoms with van der Waals surface area (Å²) in [5.41, 5.74) is 19.4. The summed E-state index contributed by atoms with van der Waals surface area (Å²) in [6.45, 7) is 6.47.